The fourth-order valence-electron chi connectivity index (χ4n) is 2.31. The highest BCUT2D eigenvalue weighted by molar-refractivity contribution is 7.98. The number of anilines is 1. The van der Waals surface area contributed by atoms with E-state index in [0.29, 0.717) is 11.4 Å². The average molecular weight is 341 g/mol. The fourth-order valence-corrected chi connectivity index (χ4v) is 2.86. The Labute approximate surface area is 143 Å². The predicted molar refractivity (Wildman–Crippen MR) is 94.4 cm³/mol. The molecule has 0 bridgehead atoms. The van der Waals surface area contributed by atoms with E-state index in [9.17, 15) is 9.18 Å². The van der Waals surface area contributed by atoms with Crippen LogP contribution in [-0.4, -0.2) is 21.7 Å². The number of imidazole rings is 1. The largest absolute Gasteiger partial charge is 0.321 e. The summed E-state index contributed by atoms with van der Waals surface area (Å²) in [5.74, 6) is -0.641. The molecule has 1 aromatic heterocycles. The third kappa shape index (κ3) is 3.33. The van der Waals surface area contributed by atoms with Crippen LogP contribution < -0.4 is 5.32 Å². The van der Waals surface area contributed by atoms with Gasteiger partial charge in [-0.2, -0.15) is 0 Å². The molecule has 3 aromatic rings. The van der Waals surface area contributed by atoms with Crippen LogP contribution in [0.3, 0.4) is 0 Å². The minimum absolute atomic E-state index is 0.296. The Kier molecular flexibility index (Phi) is 4.66. The van der Waals surface area contributed by atoms with Crippen molar-refractivity contribution in [2.24, 2.45) is 0 Å². The molecule has 0 fully saturated rings. The summed E-state index contributed by atoms with van der Waals surface area (Å²) in [4.78, 5) is 16.9. The van der Waals surface area contributed by atoms with Crippen LogP contribution in [0.5, 0.6) is 0 Å². The normalized spacial score (nSPS) is 10.6. The van der Waals surface area contributed by atoms with Crippen LogP contribution in [0.2, 0.25) is 0 Å². The van der Waals surface area contributed by atoms with Crippen LogP contribution in [0, 0.1) is 12.7 Å². The van der Waals surface area contributed by atoms with Crippen molar-refractivity contribution in [2.75, 3.05) is 11.6 Å². The van der Waals surface area contributed by atoms with Crippen LogP contribution in [0.4, 0.5) is 10.1 Å². The molecule has 1 amide bonds. The monoisotopic (exact) mass is 341 g/mol. The lowest BCUT2D eigenvalue weighted by Crippen LogP contribution is -2.16. The number of nitrogens with zero attached hydrogens (tertiary/aromatic N) is 2. The molecular formula is C18H16FN3OS. The molecule has 1 heterocycles. The Morgan fingerprint density at radius 3 is 2.42 bits per heavy atom. The quantitative estimate of drug-likeness (QED) is 0.720. The highest BCUT2D eigenvalue weighted by Crippen LogP contribution is 2.23. The minimum Gasteiger partial charge on any atom is -0.321 e. The number of amides is 1. The van der Waals surface area contributed by atoms with E-state index in [1.165, 1.54) is 36.0 Å². The van der Waals surface area contributed by atoms with Gasteiger partial charge < -0.3 is 5.32 Å². The Morgan fingerprint density at radius 2 is 1.79 bits per heavy atom. The maximum Gasteiger partial charge on any atom is 0.274 e. The van der Waals surface area contributed by atoms with Crippen molar-refractivity contribution in [1.82, 2.24) is 9.55 Å². The number of hydrogen-bond acceptors (Lipinski definition) is 3. The molecule has 6 heteroatoms. The molecule has 2 aromatic carbocycles. The zero-order chi connectivity index (χ0) is 17.1. The third-order valence-electron chi connectivity index (χ3n) is 3.54. The lowest BCUT2D eigenvalue weighted by atomic mass is 10.2. The molecule has 0 saturated carbocycles. The standard InChI is InChI=1S/C18H16FN3OS/c1-12-3-9-15(10-4-12)22-16(11-20-18(22)24-2)17(23)21-14-7-5-13(19)6-8-14/h3-11H,1-2H3,(H,21,23). The van der Waals surface area contributed by atoms with E-state index in [0.717, 1.165) is 16.4 Å². The number of carbonyl (C=O) groups excluding carboxylic acids is 1. The second-order valence-corrected chi connectivity index (χ2v) is 6.04. The van der Waals surface area contributed by atoms with Crippen LogP contribution in [-0.2, 0) is 0 Å². The summed E-state index contributed by atoms with van der Waals surface area (Å²) in [7, 11) is 0. The topological polar surface area (TPSA) is 46.9 Å². The fraction of sp³-hybridized carbons (Fsp3) is 0.111. The van der Waals surface area contributed by atoms with Crippen molar-refractivity contribution in [3.05, 3.63) is 71.8 Å². The minimum atomic E-state index is -0.345. The summed E-state index contributed by atoms with van der Waals surface area (Å²) in [6.07, 6.45) is 3.46. The Bertz CT molecular complexity index is 857. The molecule has 122 valence electrons. The number of hydrogen-bond donors (Lipinski definition) is 1. The highest BCUT2D eigenvalue weighted by atomic mass is 32.2. The second-order valence-electron chi connectivity index (χ2n) is 5.26. The first-order valence-electron chi connectivity index (χ1n) is 7.34. The first kappa shape index (κ1) is 16.3. The first-order chi connectivity index (χ1) is 11.6. The van der Waals surface area contributed by atoms with Gasteiger partial charge in [-0.3, -0.25) is 9.36 Å². The highest BCUT2D eigenvalue weighted by Gasteiger charge is 2.17. The van der Waals surface area contributed by atoms with E-state index in [1.807, 2.05) is 42.0 Å². The molecule has 0 aliphatic rings. The maximum atomic E-state index is 13.0. The number of rotatable bonds is 4. The van der Waals surface area contributed by atoms with Crippen LogP contribution >= 0.6 is 11.8 Å². The molecule has 1 N–H and O–H groups in total. The summed E-state index contributed by atoms with van der Waals surface area (Å²) in [5.41, 5.74) is 2.96. The van der Waals surface area contributed by atoms with Gasteiger partial charge in [0, 0.05) is 11.4 Å². The van der Waals surface area contributed by atoms with Gasteiger partial charge in [0.05, 0.1) is 6.20 Å². The van der Waals surface area contributed by atoms with E-state index in [-0.39, 0.29) is 11.7 Å². The number of benzene rings is 2. The van der Waals surface area contributed by atoms with Crippen LogP contribution in [0.15, 0.2) is 59.9 Å². The van der Waals surface area contributed by atoms with E-state index < -0.39 is 0 Å². The smallest absolute Gasteiger partial charge is 0.274 e. The van der Waals surface area contributed by atoms with Crippen LogP contribution in [0.1, 0.15) is 16.1 Å². The molecule has 0 aliphatic carbocycles. The van der Waals surface area contributed by atoms with Gasteiger partial charge in [-0.15, -0.1) is 0 Å². The zero-order valence-electron chi connectivity index (χ0n) is 13.3. The number of carbonyl (C=O) groups is 1. The summed E-state index contributed by atoms with van der Waals surface area (Å²) in [5, 5.41) is 3.49. The van der Waals surface area contributed by atoms with Crippen molar-refractivity contribution in [3.8, 4) is 5.69 Å². The summed E-state index contributed by atoms with van der Waals surface area (Å²) >= 11 is 1.46. The molecular weight excluding hydrogens is 325 g/mol. The van der Waals surface area contributed by atoms with E-state index in [4.69, 9.17) is 0 Å². The molecule has 24 heavy (non-hydrogen) atoms. The lowest BCUT2D eigenvalue weighted by molar-refractivity contribution is 0.102. The maximum absolute atomic E-state index is 13.0. The molecule has 0 aliphatic heterocycles. The van der Waals surface area contributed by atoms with Crippen molar-refractivity contribution >= 4 is 23.4 Å². The van der Waals surface area contributed by atoms with E-state index >= 15 is 0 Å². The Balaban J connectivity index is 1.95. The van der Waals surface area contributed by atoms with Gasteiger partial charge in [0.25, 0.3) is 5.91 Å². The molecule has 3 rings (SSSR count). The van der Waals surface area contributed by atoms with Gasteiger partial charge in [0.2, 0.25) is 0 Å². The number of nitrogens with one attached hydrogen (secondary N) is 1. The molecule has 0 spiro atoms. The summed E-state index contributed by atoms with van der Waals surface area (Å²) in [6, 6.07) is 13.5. The predicted octanol–water partition coefficient (Wildman–Crippen LogP) is 4.29. The second kappa shape index (κ2) is 6.88. The summed E-state index contributed by atoms with van der Waals surface area (Å²) in [6.45, 7) is 2.01. The molecule has 0 atom stereocenters. The van der Waals surface area contributed by atoms with Crippen molar-refractivity contribution < 1.29 is 9.18 Å². The van der Waals surface area contributed by atoms with Gasteiger partial charge in [-0.05, 0) is 49.6 Å². The number of thioether (sulfide) groups is 1. The van der Waals surface area contributed by atoms with Gasteiger partial charge in [0.1, 0.15) is 11.5 Å². The van der Waals surface area contributed by atoms with Gasteiger partial charge in [-0.1, -0.05) is 29.5 Å². The first-order valence-corrected chi connectivity index (χ1v) is 8.56. The number of halogens is 1. The van der Waals surface area contributed by atoms with Crippen molar-refractivity contribution in [3.63, 3.8) is 0 Å². The molecule has 4 nitrogen and oxygen atoms in total. The van der Waals surface area contributed by atoms with Crippen LogP contribution in [0.25, 0.3) is 5.69 Å². The average Bonchev–Trinajstić information content (AvgIpc) is 3.02. The molecule has 0 unspecified atom stereocenters. The van der Waals surface area contributed by atoms with Gasteiger partial charge in [0.15, 0.2) is 5.16 Å². The molecule has 0 radical (unpaired) electrons. The molecule has 0 saturated heterocycles. The lowest BCUT2D eigenvalue weighted by Gasteiger charge is -2.11. The zero-order valence-corrected chi connectivity index (χ0v) is 14.1. The van der Waals surface area contributed by atoms with E-state index in [2.05, 4.69) is 10.3 Å². The number of aromatic nitrogens is 2. The van der Waals surface area contributed by atoms with Crippen molar-refractivity contribution in [1.29, 1.82) is 0 Å². The number of aryl methyl sites for hydroxylation is 1. The SMILES string of the molecule is CSc1ncc(C(=O)Nc2ccc(F)cc2)n1-c1ccc(C)cc1. The summed E-state index contributed by atoms with van der Waals surface area (Å²) < 4.78 is 14.8. The Hall–Kier alpha value is -2.60. The van der Waals surface area contributed by atoms with E-state index in [1.54, 1.807) is 6.20 Å². The van der Waals surface area contributed by atoms with Gasteiger partial charge >= 0.3 is 0 Å². The van der Waals surface area contributed by atoms with Crippen molar-refractivity contribution in [2.45, 2.75) is 12.1 Å². The Morgan fingerprint density at radius 1 is 1.12 bits per heavy atom. The third-order valence-corrected chi connectivity index (χ3v) is 4.19. The van der Waals surface area contributed by atoms with Gasteiger partial charge in [-0.25, -0.2) is 9.37 Å².